The Morgan fingerprint density at radius 3 is 1.96 bits per heavy atom. The number of para-hydroxylation sites is 2. The summed E-state index contributed by atoms with van der Waals surface area (Å²) in [6, 6.07) is 56.9. The summed E-state index contributed by atoms with van der Waals surface area (Å²) in [5.74, 6) is 1.49. The second-order valence-electron chi connectivity index (χ2n) is 13.1. The number of aryl methyl sites for hydroxylation is 1. The van der Waals surface area contributed by atoms with Gasteiger partial charge in [-0.15, -0.1) is 0 Å². The van der Waals surface area contributed by atoms with Crippen LogP contribution in [-0.4, -0.2) is 19.1 Å². The average Bonchev–Trinajstić information content (AvgIpc) is 3.72. The monoisotopic (exact) mass is 668 g/mol. The lowest BCUT2D eigenvalue weighted by atomic mass is 10.0. The van der Waals surface area contributed by atoms with Crippen LogP contribution in [0.5, 0.6) is 11.5 Å². The molecule has 4 heterocycles. The Bertz CT molecular complexity index is 2940. The van der Waals surface area contributed by atoms with Crippen molar-refractivity contribution >= 4 is 43.7 Å². The van der Waals surface area contributed by atoms with Crippen LogP contribution < -0.4 is 4.74 Å². The molecule has 0 saturated carbocycles. The Hall–Kier alpha value is -6.98. The van der Waals surface area contributed by atoms with Crippen LogP contribution in [0.1, 0.15) is 5.56 Å². The summed E-state index contributed by atoms with van der Waals surface area (Å²) >= 11 is 0. The van der Waals surface area contributed by atoms with E-state index in [2.05, 4.69) is 143 Å². The van der Waals surface area contributed by atoms with Crippen LogP contribution in [-0.2, 0) is 0 Å². The lowest BCUT2D eigenvalue weighted by Gasteiger charge is -2.12. The summed E-state index contributed by atoms with van der Waals surface area (Å²) in [6.45, 7) is 2.13. The van der Waals surface area contributed by atoms with Gasteiger partial charge in [0.15, 0.2) is 0 Å². The van der Waals surface area contributed by atoms with E-state index in [1.807, 2.05) is 48.8 Å². The fourth-order valence-electron chi connectivity index (χ4n) is 7.68. The molecule has 0 radical (unpaired) electrons. The lowest BCUT2D eigenvalue weighted by molar-refractivity contribution is 0.482. The van der Waals surface area contributed by atoms with Gasteiger partial charge in [0.05, 0.1) is 27.9 Å². The summed E-state index contributed by atoms with van der Waals surface area (Å²) in [5, 5.41) is 4.73. The van der Waals surface area contributed by atoms with Crippen LogP contribution in [0.2, 0.25) is 0 Å². The Morgan fingerprint density at radius 2 is 1.13 bits per heavy atom. The largest absolute Gasteiger partial charge is 0.457 e. The summed E-state index contributed by atoms with van der Waals surface area (Å²) in [4.78, 5) is 9.78. The normalized spacial score (nSPS) is 11.6. The maximum absolute atomic E-state index is 6.54. The molecule has 10 aromatic rings. The minimum absolute atomic E-state index is 0.742. The number of ether oxygens (including phenoxy) is 1. The van der Waals surface area contributed by atoms with Crippen LogP contribution in [0, 0.1) is 6.92 Å². The summed E-state index contributed by atoms with van der Waals surface area (Å²) in [7, 11) is 0. The molecular weight excluding hydrogens is 637 g/mol. The van der Waals surface area contributed by atoms with Gasteiger partial charge in [0, 0.05) is 56.8 Å². The van der Waals surface area contributed by atoms with Crippen LogP contribution >= 0.6 is 0 Å². The third-order valence-electron chi connectivity index (χ3n) is 9.98. The van der Waals surface area contributed by atoms with E-state index in [0.717, 1.165) is 61.8 Å². The third-order valence-corrected chi connectivity index (χ3v) is 9.98. The summed E-state index contributed by atoms with van der Waals surface area (Å²) < 4.78 is 11.2. The highest BCUT2D eigenvalue weighted by molar-refractivity contribution is 6.28. The molecule has 0 aliphatic carbocycles. The first-order chi connectivity index (χ1) is 25.7. The zero-order chi connectivity index (χ0) is 34.6. The lowest BCUT2D eigenvalue weighted by Crippen LogP contribution is -1.96. The molecule has 5 nitrogen and oxygen atoms in total. The molecule has 0 bridgehead atoms. The highest BCUT2D eigenvalue weighted by Crippen LogP contribution is 2.42. The minimum Gasteiger partial charge on any atom is -0.457 e. The molecule has 246 valence electrons. The zero-order valence-corrected chi connectivity index (χ0v) is 28.4. The highest BCUT2D eigenvalue weighted by atomic mass is 16.5. The molecule has 0 aliphatic heterocycles. The standard InChI is InChI=1S/C47H32N4O/c1-31-27-41(49-30-40(31)32-13-4-2-5-14-32)33-15-10-19-36(28-33)52-37-20-11-18-35(29-37)51-44-25-24-43-45(46(44)39-22-12-26-48-47(39)51)38-21-8-9-23-42(38)50(43)34-16-6-3-7-17-34/h2-30H,1H3. The quantitative estimate of drug-likeness (QED) is 0.177. The Labute approximate surface area is 300 Å². The second kappa shape index (κ2) is 12.1. The van der Waals surface area contributed by atoms with E-state index in [9.17, 15) is 0 Å². The Balaban J connectivity index is 1.07. The van der Waals surface area contributed by atoms with Gasteiger partial charge in [0.2, 0.25) is 0 Å². The number of pyridine rings is 2. The number of benzene rings is 6. The maximum Gasteiger partial charge on any atom is 0.145 e. The number of hydrogen-bond acceptors (Lipinski definition) is 3. The van der Waals surface area contributed by atoms with Crippen molar-refractivity contribution in [2.75, 3.05) is 0 Å². The third kappa shape index (κ3) is 4.86. The summed E-state index contributed by atoms with van der Waals surface area (Å²) in [6.07, 6.45) is 3.83. The molecule has 4 aromatic heterocycles. The average molecular weight is 669 g/mol. The molecule has 52 heavy (non-hydrogen) atoms. The van der Waals surface area contributed by atoms with Crippen molar-refractivity contribution in [2.45, 2.75) is 6.92 Å². The first-order valence-corrected chi connectivity index (χ1v) is 17.5. The predicted octanol–water partition coefficient (Wildman–Crippen LogP) is 12.1. The van der Waals surface area contributed by atoms with Crippen molar-refractivity contribution in [1.29, 1.82) is 0 Å². The predicted molar refractivity (Wildman–Crippen MR) is 213 cm³/mol. The van der Waals surface area contributed by atoms with E-state index in [0.29, 0.717) is 0 Å². The highest BCUT2D eigenvalue weighted by Gasteiger charge is 2.21. The molecule has 6 aromatic carbocycles. The van der Waals surface area contributed by atoms with Crippen LogP contribution in [0.4, 0.5) is 0 Å². The molecule has 0 unspecified atom stereocenters. The van der Waals surface area contributed by atoms with Gasteiger partial charge < -0.3 is 9.30 Å². The number of rotatable bonds is 6. The van der Waals surface area contributed by atoms with Crippen molar-refractivity contribution in [1.82, 2.24) is 19.1 Å². The minimum atomic E-state index is 0.742. The zero-order valence-electron chi connectivity index (χ0n) is 28.4. The van der Waals surface area contributed by atoms with Gasteiger partial charge in [-0.2, -0.15) is 0 Å². The van der Waals surface area contributed by atoms with Crippen molar-refractivity contribution in [3.05, 3.63) is 182 Å². The number of nitrogens with zero attached hydrogens (tertiary/aromatic N) is 4. The van der Waals surface area contributed by atoms with E-state index >= 15 is 0 Å². The molecule has 0 atom stereocenters. The van der Waals surface area contributed by atoms with Crippen molar-refractivity contribution in [3.8, 4) is 45.3 Å². The van der Waals surface area contributed by atoms with Gasteiger partial charge in [-0.1, -0.05) is 84.9 Å². The molecule has 0 N–H and O–H groups in total. The van der Waals surface area contributed by atoms with Crippen molar-refractivity contribution in [2.24, 2.45) is 0 Å². The SMILES string of the molecule is Cc1cc(-c2cccc(Oc3cccc(-n4c5ccc6c(c7ccccc7n6-c6ccccc6)c5c5cccnc54)c3)c2)ncc1-c1ccccc1. The van der Waals surface area contributed by atoms with E-state index in [1.54, 1.807) is 0 Å². The van der Waals surface area contributed by atoms with E-state index < -0.39 is 0 Å². The molecule has 0 amide bonds. The topological polar surface area (TPSA) is 44.9 Å². The van der Waals surface area contributed by atoms with Crippen LogP contribution in [0.15, 0.2) is 176 Å². The molecule has 0 aliphatic rings. The Kier molecular flexibility index (Phi) is 6.96. The maximum atomic E-state index is 6.54. The molecule has 5 heteroatoms. The van der Waals surface area contributed by atoms with Gasteiger partial charge in [-0.25, -0.2) is 4.98 Å². The fraction of sp³-hybridized carbons (Fsp3) is 0.0213. The van der Waals surface area contributed by atoms with Crippen LogP contribution in [0.3, 0.4) is 0 Å². The number of hydrogen-bond donors (Lipinski definition) is 0. The van der Waals surface area contributed by atoms with E-state index in [4.69, 9.17) is 14.7 Å². The molecule has 0 fully saturated rings. The number of fused-ring (bicyclic) bond motifs is 7. The van der Waals surface area contributed by atoms with Gasteiger partial charge in [-0.05, 0) is 90.8 Å². The smallest absolute Gasteiger partial charge is 0.145 e. The summed E-state index contributed by atoms with van der Waals surface area (Å²) in [5.41, 5.74) is 11.8. The Morgan fingerprint density at radius 1 is 0.481 bits per heavy atom. The van der Waals surface area contributed by atoms with Gasteiger partial charge in [0.1, 0.15) is 17.1 Å². The molecular formula is C47H32N4O. The van der Waals surface area contributed by atoms with Crippen molar-refractivity contribution < 1.29 is 4.74 Å². The fourth-order valence-corrected chi connectivity index (χ4v) is 7.68. The van der Waals surface area contributed by atoms with Gasteiger partial charge >= 0.3 is 0 Å². The van der Waals surface area contributed by atoms with E-state index in [1.165, 1.54) is 32.8 Å². The van der Waals surface area contributed by atoms with Crippen LogP contribution in [0.25, 0.3) is 77.5 Å². The van der Waals surface area contributed by atoms with Gasteiger partial charge in [0.25, 0.3) is 0 Å². The second-order valence-corrected chi connectivity index (χ2v) is 13.1. The van der Waals surface area contributed by atoms with E-state index in [-0.39, 0.29) is 0 Å². The first-order valence-electron chi connectivity index (χ1n) is 17.5. The number of aromatic nitrogens is 4. The molecule has 0 spiro atoms. The van der Waals surface area contributed by atoms with Crippen molar-refractivity contribution in [3.63, 3.8) is 0 Å². The first kappa shape index (κ1) is 29.9. The molecule has 0 saturated heterocycles. The molecule has 10 rings (SSSR count). The van der Waals surface area contributed by atoms with Gasteiger partial charge in [-0.3, -0.25) is 9.55 Å².